The summed E-state index contributed by atoms with van der Waals surface area (Å²) in [6.07, 6.45) is 10.5. The van der Waals surface area contributed by atoms with E-state index in [2.05, 4.69) is 16.5 Å². The molecule has 2 rings (SSSR count). The number of hydrogen-bond donors (Lipinski definition) is 1. The van der Waals surface area contributed by atoms with Crippen molar-refractivity contribution in [2.24, 2.45) is 13.0 Å². The molecule has 1 atom stereocenters. The molecule has 0 radical (unpaired) electrons. The fraction of sp³-hybridized carbons (Fsp3) is 0.667. The number of carbonyl (C=O) groups is 1. The highest BCUT2D eigenvalue weighted by Gasteiger charge is 2.24. The summed E-state index contributed by atoms with van der Waals surface area (Å²) < 4.78 is 1.73. The van der Waals surface area contributed by atoms with Gasteiger partial charge in [0, 0.05) is 19.7 Å². The summed E-state index contributed by atoms with van der Waals surface area (Å²) in [5.41, 5.74) is 1.05. The fourth-order valence-corrected chi connectivity index (χ4v) is 2.83. The normalized spacial score (nSPS) is 17.4. The molecule has 5 nitrogen and oxygen atoms in total. The van der Waals surface area contributed by atoms with Crippen LogP contribution in [-0.4, -0.2) is 21.7 Å². The first-order chi connectivity index (χ1) is 9.69. The van der Waals surface area contributed by atoms with Gasteiger partial charge in [-0.1, -0.05) is 19.3 Å². The minimum Gasteiger partial charge on any atom is -0.340 e. The molecule has 1 aliphatic carbocycles. The molecule has 0 aliphatic heterocycles. The molecular formula is C15H22N4O. The van der Waals surface area contributed by atoms with Crippen molar-refractivity contribution in [3.05, 3.63) is 18.0 Å². The summed E-state index contributed by atoms with van der Waals surface area (Å²) in [7, 11) is 1.86. The number of hydrogen-bond acceptors (Lipinski definition) is 3. The number of aryl methyl sites for hydroxylation is 2. The maximum absolute atomic E-state index is 11.9. The van der Waals surface area contributed by atoms with Crippen LogP contribution in [0, 0.1) is 17.2 Å². The van der Waals surface area contributed by atoms with Crippen molar-refractivity contribution in [1.29, 1.82) is 5.26 Å². The summed E-state index contributed by atoms with van der Waals surface area (Å²) in [6.45, 7) is 0. The third-order valence-corrected chi connectivity index (χ3v) is 3.98. The molecule has 0 unspecified atom stereocenters. The van der Waals surface area contributed by atoms with Crippen LogP contribution in [0.4, 0.5) is 0 Å². The number of rotatable bonds is 5. The Balaban J connectivity index is 1.78. The van der Waals surface area contributed by atoms with Crippen LogP contribution in [0.1, 0.15) is 44.1 Å². The number of nitrogens with one attached hydrogen (secondary N) is 1. The van der Waals surface area contributed by atoms with Gasteiger partial charge in [0.1, 0.15) is 6.04 Å². The van der Waals surface area contributed by atoms with Gasteiger partial charge in [0.25, 0.3) is 0 Å². The van der Waals surface area contributed by atoms with Gasteiger partial charge in [0.05, 0.1) is 12.3 Å². The Hall–Kier alpha value is -1.83. The third-order valence-electron chi connectivity index (χ3n) is 3.98. The van der Waals surface area contributed by atoms with Gasteiger partial charge in [0.2, 0.25) is 5.91 Å². The maximum atomic E-state index is 11.9. The highest BCUT2D eigenvalue weighted by Crippen LogP contribution is 2.26. The first kappa shape index (κ1) is 14.6. The molecule has 1 aromatic rings. The van der Waals surface area contributed by atoms with E-state index in [0.717, 1.165) is 18.4 Å². The molecule has 108 valence electrons. The van der Waals surface area contributed by atoms with E-state index < -0.39 is 0 Å². The fourth-order valence-electron chi connectivity index (χ4n) is 2.83. The van der Waals surface area contributed by atoms with Gasteiger partial charge in [-0.2, -0.15) is 10.4 Å². The smallest absolute Gasteiger partial charge is 0.221 e. The SMILES string of the molecule is Cn1cc(CCC(=O)N[C@H](C#N)C2CCCCC2)cn1. The number of nitrogens with zero attached hydrogens (tertiary/aromatic N) is 3. The molecule has 1 aliphatic rings. The van der Waals surface area contributed by atoms with Crippen molar-refractivity contribution >= 4 is 5.91 Å². The number of carbonyl (C=O) groups excluding carboxylic acids is 1. The van der Waals surface area contributed by atoms with E-state index in [1.165, 1.54) is 19.3 Å². The molecule has 1 amide bonds. The van der Waals surface area contributed by atoms with Gasteiger partial charge in [-0.15, -0.1) is 0 Å². The molecule has 1 heterocycles. The van der Waals surface area contributed by atoms with Crippen molar-refractivity contribution in [3.63, 3.8) is 0 Å². The maximum Gasteiger partial charge on any atom is 0.221 e. The van der Waals surface area contributed by atoms with Gasteiger partial charge in [0.15, 0.2) is 0 Å². The zero-order valence-electron chi connectivity index (χ0n) is 12.0. The Morgan fingerprint density at radius 2 is 2.30 bits per heavy atom. The lowest BCUT2D eigenvalue weighted by atomic mass is 9.84. The van der Waals surface area contributed by atoms with Crippen LogP contribution in [0.15, 0.2) is 12.4 Å². The molecule has 0 aromatic carbocycles. The van der Waals surface area contributed by atoms with E-state index >= 15 is 0 Å². The van der Waals surface area contributed by atoms with Crippen molar-refractivity contribution in [2.45, 2.75) is 51.0 Å². The summed E-state index contributed by atoms with van der Waals surface area (Å²) in [5, 5.41) is 16.2. The molecule has 1 saturated carbocycles. The summed E-state index contributed by atoms with van der Waals surface area (Å²) in [6, 6.07) is 1.93. The van der Waals surface area contributed by atoms with E-state index in [-0.39, 0.29) is 11.9 Å². The highest BCUT2D eigenvalue weighted by atomic mass is 16.1. The Bertz CT molecular complexity index is 482. The zero-order valence-corrected chi connectivity index (χ0v) is 12.0. The Morgan fingerprint density at radius 1 is 1.55 bits per heavy atom. The summed E-state index contributed by atoms with van der Waals surface area (Å²) >= 11 is 0. The van der Waals surface area contributed by atoms with Crippen molar-refractivity contribution < 1.29 is 4.79 Å². The molecule has 1 aromatic heterocycles. The van der Waals surface area contributed by atoms with Crippen LogP contribution < -0.4 is 5.32 Å². The molecule has 5 heteroatoms. The molecule has 1 fully saturated rings. The second-order valence-electron chi connectivity index (χ2n) is 5.59. The van der Waals surface area contributed by atoms with Gasteiger partial charge in [-0.05, 0) is 30.7 Å². The summed E-state index contributed by atoms with van der Waals surface area (Å²) in [5.74, 6) is 0.294. The van der Waals surface area contributed by atoms with Crippen LogP contribution in [-0.2, 0) is 18.3 Å². The van der Waals surface area contributed by atoms with E-state index in [1.54, 1.807) is 10.9 Å². The van der Waals surface area contributed by atoms with E-state index in [1.807, 2.05) is 13.2 Å². The van der Waals surface area contributed by atoms with Crippen molar-refractivity contribution in [1.82, 2.24) is 15.1 Å². The van der Waals surface area contributed by atoms with E-state index in [9.17, 15) is 10.1 Å². The van der Waals surface area contributed by atoms with Crippen LogP contribution in [0.3, 0.4) is 0 Å². The van der Waals surface area contributed by atoms with Gasteiger partial charge >= 0.3 is 0 Å². The second kappa shape index (κ2) is 7.09. The lowest BCUT2D eigenvalue weighted by Gasteiger charge is -2.26. The topological polar surface area (TPSA) is 70.7 Å². The third kappa shape index (κ3) is 4.09. The quantitative estimate of drug-likeness (QED) is 0.892. The van der Waals surface area contributed by atoms with Crippen LogP contribution in [0.2, 0.25) is 0 Å². The number of amides is 1. The first-order valence-electron chi connectivity index (χ1n) is 7.35. The average Bonchev–Trinajstić information content (AvgIpc) is 2.89. The van der Waals surface area contributed by atoms with Crippen LogP contribution in [0.25, 0.3) is 0 Å². The lowest BCUT2D eigenvalue weighted by Crippen LogP contribution is -2.40. The molecular weight excluding hydrogens is 252 g/mol. The highest BCUT2D eigenvalue weighted by molar-refractivity contribution is 5.76. The van der Waals surface area contributed by atoms with Gasteiger partial charge in [-0.25, -0.2) is 0 Å². The Labute approximate surface area is 120 Å². The number of aromatic nitrogens is 2. The van der Waals surface area contributed by atoms with Crippen molar-refractivity contribution in [3.8, 4) is 6.07 Å². The Morgan fingerprint density at radius 3 is 2.90 bits per heavy atom. The molecule has 1 N–H and O–H groups in total. The van der Waals surface area contributed by atoms with Gasteiger partial charge in [-0.3, -0.25) is 9.48 Å². The zero-order chi connectivity index (χ0) is 14.4. The van der Waals surface area contributed by atoms with Crippen LogP contribution in [0.5, 0.6) is 0 Å². The predicted octanol–water partition coefficient (Wildman–Crippen LogP) is 1.94. The minimum absolute atomic E-state index is 0.0361. The second-order valence-corrected chi connectivity index (χ2v) is 5.59. The van der Waals surface area contributed by atoms with E-state index in [0.29, 0.717) is 18.8 Å². The summed E-state index contributed by atoms with van der Waals surface area (Å²) in [4.78, 5) is 11.9. The minimum atomic E-state index is -0.323. The van der Waals surface area contributed by atoms with Crippen molar-refractivity contribution in [2.75, 3.05) is 0 Å². The first-order valence-corrected chi connectivity index (χ1v) is 7.35. The average molecular weight is 274 g/mol. The molecule has 0 saturated heterocycles. The number of nitriles is 1. The van der Waals surface area contributed by atoms with Gasteiger partial charge < -0.3 is 5.32 Å². The predicted molar refractivity (Wildman–Crippen MR) is 75.6 cm³/mol. The molecule has 20 heavy (non-hydrogen) atoms. The van der Waals surface area contributed by atoms with Crippen LogP contribution >= 0.6 is 0 Å². The molecule has 0 bridgehead atoms. The standard InChI is InChI=1S/C15H22N4O/c1-19-11-12(10-17-19)7-8-15(20)18-14(9-16)13-5-3-2-4-6-13/h10-11,13-14H,2-8H2,1H3,(H,18,20)/t14-/m1/s1. The molecule has 0 spiro atoms. The monoisotopic (exact) mass is 274 g/mol. The van der Waals surface area contributed by atoms with E-state index in [4.69, 9.17) is 0 Å². The Kier molecular flexibility index (Phi) is 5.16. The lowest BCUT2D eigenvalue weighted by molar-refractivity contribution is -0.121. The largest absolute Gasteiger partial charge is 0.340 e.